The Kier molecular flexibility index (Phi) is 6.74. The van der Waals surface area contributed by atoms with Gasteiger partial charge in [0.1, 0.15) is 5.82 Å². The first-order valence-electron chi connectivity index (χ1n) is 9.59. The van der Waals surface area contributed by atoms with E-state index < -0.39 is 0 Å². The van der Waals surface area contributed by atoms with Crippen molar-refractivity contribution in [3.05, 3.63) is 101 Å². The van der Waals surface area contributed by atoms with Crippen LogP contribution in [0.5, 0.6) is 0 Å². The van der Waals surface area contributed by atoms with Gasteiger partial charge in [-0.3, -0.25) is 9.59 Å². The zero-order valence-corrected chi connectivity index (χ0v) is 16.2. The highest BCUT2D eigenvalue weighted by atomic mass is 19.1. The van der Waals surface area contributed by atoms with Crippen LogP contribution in [0.1, 0.15) is 38.8 Å². The van der Waals surface area contributed by atoms with Crippen LogP contribution >= 0.6 is 0 Å². The number of aryl methyl sites for hydroxylation is 1. The third kappa shape index (κ3) is 5.51. The predicted octanol–water partition coefficient (Wildman–Crippen LogP) is 4.61. The number of hydrogen-bond donors (Lipinski definition) is 2. The van der Waals surface area contributed by atoms with Crippen molar-refractivity contribution in [2.24, 2.45) is 0 Å². The second kappa shape index (κ2) is 9.64. The monoisotopic (exact) mass is 390 g/mol. The Bertz CT molecular complexity index is 983. The van der Waals surface area contributed by atoms with Crippen molar-refractivity contribution < 1.29 is 14.0 Å². The van der Waals surface area contributed by atoms with Crippen LogP contribution in [-0.2, 0) is 12.8 Å². The lowest BCUT2D eigenvalue weighted by Gasteiger charge is -2.10. The lowest BCUT2D eigenvalue weighted by Crippen LogP contribution is -2.25. The molecule has 0 aliphatic heterocycles. The standard InChI is InChI=1S/C24H23FN2O2/c1-2-18-5-3-4-6-22(18)27-24(29)20-11-9-19(10-12-20)23(28)26-16-15-17-7-13-21(25)14-8-17/h3-14H,2,15-16H2,1H3,(H,26,28)(H,27,29). The molecule has 3 aromatic carbocycles. The maximum Gasteiger partial charge on any atom is 0.255 e. The molecule has 0 heterocycles. The third-order valence-electron chi connectivity index (χ3n) is 4.67. The van der Waals surface area contributed by atoms with E-state index in [1.165, 1.54) is 12.1 Å². The SMILES string of the molecule is CCc1ccccc1NC(=O)c1ccc(C(=O)NCCc2ccc(F)cc2)cc1. The highest BCUT2D eigenvalue weighted by Crippen LogP contribution is 2.17. The van der Waals surface area contributed by atoms with Crippen LogP contribution in [0.4, 0.5) is 10.1 Å². The Morgan fingerprint density at radius 2 is 1.45 bits per heavy atom. The summed E-state index contributed by atoms with van der Waals surface area (Å²) in [6.07, 6.45) is 1.44. The molecule has 148 valence electrons. The predicted molar refractivity (Wildman–Crippen MR) is 113 cm³/mol. The lowest BCUT2D eigenvalue weighted by atomic mass is 10.1. The fraction of sp³-hybridized carbons (Fsp3) is 0.167. The van der Waals surface area contributed by atoms with Crippen molar-refractivity contribution in [1.82, 2.24) is 5.32 Å². The van der Waals surface area contributed by atoms with E-state index in [1.807, 2.05) is 31.2 Å². The molecule has 3 rings (SSSR count). The van der Waals surface area contributed by atoms with Gasteiger partial charge in [-0.2, -0.15) is 0 Å². The van der Waals surface area contributed by atoms with Crippen molar-refractivity contribution >= 4 is 17.5 Å². The van der Waals surface area contributed by atoms with Crippen LogP contribution in [0.25, 0.3) is 0 Å². The van der Waals surface area contributed by atoms with Crippen LogP contribution < -0.4 is 10.6 Å². The summed E-state index contributed by atoms with van der Waals surface area (Å²) >= 11 is 0. The van der Waals surface area contributed by atoms with Crippen LogP contribution in [0.3, 0.4) is 0 Å². The van der Waals surface area contributed by atoms with Gasteiger partial charge in [-0.1, -0.05) is 37.3 Å². The summed E-state index contributed by atoms with van der Waals surface area (Å²) in [5.74, 6) is -0.704. The van der Waals surface area contributed by atoms with E-state index in [-0.39, 0.29) is 17.6 Å². The average Bonchev–Trinajstić information content (AvgIpc) is 2.75. The Morgan fingerprint density at radius 1 is 0.828 bits per heavy atom. The lowest BCUT2D eigenvalue weighted by molar-refractivity contribution is 0.0952. The minimum Gasteiger partial charge on any atom is -0.352 e. The van der Waals surface area contributed by atoms with E-state index >= 15 is 0 Å². The van der Waals surface area contributed by atoms with Gasteiger partial charge in [-0.05, 0) is 66.4 Å². The normalized spacial score (nSPS) is 10.4. The van der Waals surface area contributed by atoms with Gasteiger partial charge in [0.15, 0.2) is 0 Å². The molecule has 0 bridgehead atoms. The molecule has 0 aliphatic carbocycles. The number of anilines is 1. The molecule has 0 atom stereocenters. The molecule has 0 aromatic heterocycles. The molecule has 3 aromatic rings. The maximum absolute atomic E-state index is 12.9. The summed E-state index contributed by atoms with van der Waals surface area (Å²) in [6, 6.07) is 20.4. The molecule has 0 spiro atoms. The van der Waals surface area contributed by atoms with E-state index in [2.05, 4.69) is 10.6 Å². The van der Waals surface area contributed by atoms with Gasteiger partial charge < -0.3 is 10.6 Å². The second-order valence-electron chi connectivity index (χ2n) is 6.67. The second-order valence-corrected chi connectivity index (χ2v) is 6.67. The van der Waals surface area contributed by atoms with E-state index in [0.717, 1.165) is 23.2 Å². The van der Waals surface area contributed by atoms with Gasteiger partial charge in [-0.25, -0.2) is 4.39 Å². The number of amides is 2. The zero-order valence-electron chi connectivity index (χ0n) is 16.2. The molecule has 2 N–H and O–H groups in total. The number of nitrogens with one attached hydrogen (secondary N) is 2. The third-order valence-corrected chi connectivity index (χ3v) is 4.67. The summed E-state index contributed by atoms with van der Waals surface area (Å²) in [5, 5.41) is 5.75. The van der Waals surface area contributed by atoms with Crippen molar-refractivity contribution in [2.45, 2.75) is 19.8 Å². The molecular weight excluding hydrogens is 367 g/mol. The molecule has 0 fully saturated rings. The minimum atomic E-state index is -0.278. The first-order valence-corrected chi connectivity index (χ1v) is 9.59. The van der Waals surface area contributed by atoms with Crippen molar-refractivity contribution in [2.75, 3.05) is 11.9 Å². The van der Waals surface area contributed by atoms with Gasteiger partial charge in [0, 0.05) is 23.4 Å². The molecular formula is C24H23FN2O2. The van der Waals surface area contributed by atoms with Gasteiger partial charge >= 0.3 is 0 Å². The highest BCUT2D eigenvalue weighted by Gasteiger charge is 2.10. The summed E-state index contributed by atoms with van der Waals surface area (Å²) in [5.41, 5.74) is 3.78. The molecule has 0 saturated heterocycles. The Morgan fingerprint density at radius 3 is 2.10 bits per heavy atom. The molecule has 29 heavy (non-hydrogen) atoms. The number of rotatable bonds is 7. The number of halogens is 1. The fourth-order valence-corrected chi connectivity index (χ4v) is 2.99. The number of benzene rings is 3. The Labute approximate surface area is 169 Å². The highest BCUT2D eigenvalue weighted by molar-refractivity contribution is 6.05. The largest absolute Gasteiger partial charge is 0.352 e. The number of para-hydroxylation sites is 1. The number of hydrogen-bond acceptors (Lipinski definition) is 2. The topological polar surface area (TPSA) is 58.2 Å². The quantitative estimate of drug-likeness (QED) is 0.619. The Balaban J connectivity index is 1.55. The summed E-state index contributed by atoms with van der Waals surface area (Å²) in [7, 11) is 0. The summed E-state index contributed by atoms with van der Waals surface area (Å²) < 4.78 is 12.9. The van der Waals surface area contributed by atoms with Crippen LogP contribution in [0.2, 0.25) is 0 Å². The first kappa shape index (κ1) is 20.3. The maximum atomic E-state index is 12.9. The molecule has 5 heteroatoms. The summed E-state index contributed by atoms with van der Waals surface area (Å²) in [6.45, 7) is 2.48. The first-order chi connectivity index (χ1) is 14.1. The van der Waals surface area contributed by atoms with Crippen LogP contribution in [0, 0.1) is 5.82 Å². The molecule has 2 amide bonds. The van der Waals surface area contributed by atoms with Crippen molar-refractivity contribution in [3.8, 4) is 0 Å². The zero-order chi connectivity index (χ0) is 20.6. The minimum absolute atomic E-state index is 0.213. The summed E-state index contributed by atoms with van der Waals surface area (Å²) in [4.78, 5) is 24.8. The molecule has 0 radical (unpaired) electrons. The molecule has 4 nitrogen and oxygen atoms in total. The van der Waals surface area contributed by atoms with E-state index in [1.54, 1.807) is 36.4 Å². The number of carbonyl (C=O) groups is 2. The van der Waals surface area contributed by atoms with Gasteiger partial charge in [-0.15, -0.1) is 0 Å². The molecule has 0 aliphatic rings. The van der Waals surface area contributed by atoms with Gasteiger partial charge in [0.25, 0.3) is 11.8 Å². The molecule has 0 unspecified atom stereocenters. The molecule has 0 saturated carbocycles. The Hall–Kier alpha value is -3.47. The van der Waals surface area contributed by atoms with E-state index in [0.29, 0.717) is 24.1 Å². The number of carbonyl (C=O) groups excluding carboxylic acids is 2. The van der Waals surface area contributed by atoms with Gasteiger partial charge in [0.2, 0.25) is 0 Å². The van der Waals surface area contributed by atoms with E-state index in [4.69, 9.17) is 0 Å². The van der Waals surface area contributed by atoms with Crippen LogP contribution in [0.15, 0.2) is 72.8 Å². The van der Waals surface area contributed by atoms with Crippen molar-refractivity contribution in [1.29, 1.82) is 0 Å². The fourth-order valence-electron chi connectivity index (χ4n) is 2.99. The smallest absolute Gasteiger partial charge is 0.255 e. The average molecular weight is 390 g/mol. The van der Waals surface area contributed by atoms with Crippen LogP contribution in [-0.4, -0.2) is 18.4 Å². The van der Waals surface area contributed by atoms with Gasteiger partial charge in [0.05, 0.1) is 0 Å². The van der Waals surface area contributed by atoms with Crippen molar-refractivity contribution in [3.63, 3.8) is 0 Å². The van der Waals surface area contributed by atoms with E-state index in [9.17, 15) is 14.0 Å².